The Morgan fingerprint density at radius 2 is 1.82 bits per heavy atom. The van der Waals surface area contributed by atoms with Crippen molar-refractivity contribution in [3.63, 3.8) is 0 Å². The fourth-order valence-corrected chi connectivity index (χ4v) is 4.35. The molecular formula is C25H32BN3O4. The number of hydrogen-bond acceptors (Lipinski definition) is 6. The van der Waals surface area contributed by atoms with Gasteiger partial charge in [-0.15, -0.1) is 0 Å². The highest BCUT2D eigenvalue weighted by molar-refractivity contribution is 6.65. The first kappa shape index (κ1) is 22.1. The molecule has 0 bridgehead atoms. The highest BCUT2D eigenvalue weighted by Gasteiger charge is 2.52. The first-order chi connectivity index (χ1) is 15.7. The van der Waals surface area contributed by atoms with Crippen molar-refractivity contribution in [2.24, 2.45) is 0 Å². The average Bonchev–Trinajstić information content (AvgIpc) is 3.51. The zero-order valence-corrected chi connectivity index (χ0v) is 20.3. The lowest BCUT2D eigenvalue weighted by Crippen LogP contribution is -2.41. The Morgan fingerprint density at radius 3 is 2.45 bits per heavy atom. The molecular weight excluding hydrogens is 417 g/mol. The lowest BCUT2D eigenvalue weighted by Gasteiger charge is -2.32. The summed E-state index contributed by atoms with van der Waals surface area (Å²) in [6.07, 6.45) is 6.45. The van der Waals surface area contributed by atoms with Crippen molar-refractivity contribution in [2.45, 2.75) is 64.3 Å². The van der Waals surface area contributed by atoms with Crippen LogP contribution < -0.4 is 20.3 Å². The number of rotatable bonds is 7. The predicted molar refractivity (Wildman–Crippen MR) is 131 cm³/mol. The van der Waals surface area contributed by atoms with Gasteiger partial charge in [-0.2, -0.15) is 0 Å². The first-order valence-corrected chi connectivity index (χ1v) is 11.5. The lowest BCUT2D eigenvalue weighted by molar-refractivity contribution is 0.00578. The lowest BCUT2D eigenvalue weighted by atomic mass is 9.79. The van der Waals surface area contributed by atoms with E-state index in [1.54, 1.807) is 14.2 Å². The van der Waals surface area contributed by atoms with Crippen LogP contribution in [0.5, 0.6) is 11.5 Å². The third-order valence-corrected chi connectivity index (χ3v) is 7.16. The van der Waals surface area contributed by atoms with Crippen LogP contribution in [-0.2, 0) is 15.9 Å². The van der Waals surface area contributed by atoms with Crippen LogP contribution in [0, 0.1) is 0 Å². The van der Waals surface area contributed by atoms with E-state index in [0.29, 0.717) is 12.6 Å². The fraction of sp³-hybridized carbons (Fsp3) is 0.480. The van der Waals surface area contributed by atoms with Gasteiger partial charge in [0.05, 0.1) is 30.9 Å². The van der Waals surface area contributed by atoms with Gasteiger partial charge < -0.3 is 28.7 Å². The van der Waals surface area contributed by atoms with E-state index < -0.39 is 18.3 Å². The zero-order chi connectivity index (χ0) is 23.4. The van der Waals surface area contributed by atoms with Crippen molar-refractivity contribution in [3.8, 4) is 11.5 Å². The summed E-state index contributed by atoms with van der Waals surface area (Å²) in [5.74, 6) is 2.35. The van der Waals surface area contributed by atoms with Crippen LogP contribution in [0.4, 0.5) is 5.82 Å². The summed E-state index contributed by atoms with van der Waals surface area (Å²) in [5.41, 5.74) is 2.39. The molecule has 1 aliphatic carbocycles. The summed E-state index contributed by atoms with van der Waals surface area (Å²) >= 11 is 0. The van der Waals surface area contributed by atoms with Gasteiger partial charge in [0.15, 0.2) is 0 Å². The van der Waals surface area contributed by atoms with E-state index in [1.807, 2.05) is 24.4 Å². The summed E-state index contributed by atoms with van der Waals surface area (Å²) < 4.78 is 26.1. The third-order valence-electron chi connectivity index (χ3n) is 7.16. The summed E-state index contributed by atoms with van der Waals surface area (Å²) in [5, 5.41) is 4.59. The van der Waals surface area contributed by atoms with E-state index in [-0.39, 0.29) is 0 Å². The second kappa shape index (κ2) is 7.96. The molecule has 174 valence electrons. The van der Waals surface area contributed by atoms with E-state index in [4.69, 9.17) is 23.8 Å². The topological polar surface area (TPSA) is 66.8 Å². The summed E-state index contributed by atoms with van der Waals surface area (Å²) in [7, 11) is 2.88. The molecule has 1 aliphatic heterocycles. The molecule has 0 radical (unpaired) electrons. The molecule has 33 heavy (non-hydrogen) atoms. The molecule has 5 rings (SSSR count). The number of anilines is 1. The Balaban J connectivity index is 1.53. The number of aromatic nitrogens is 2. The quantitative estimate of drug-likeness (QED) is 0.543. The highest BCUT2D eigenvalue weighted by Crippen LogP contribution is 2.41. The molecule has 2 aliphatic rings. The maximum absolute atomic E-state index is 6.43. The number of pyridine rings is 1. The molecule has 0 unspecified atom stereocenters. The van der Waals surface area contributed by atoms with Crippen molar-refractivity contribution >= 4 is 29.3 Å². The first-order valence-electron chi connectivity index (χ1n) is 11.5. The van der Waals surface area contributed by atoms with Crippen molar-refractivity contribution in [2.75, 3.05) is 19.5 Å². The molecule has 0 amide bonds. The minimum Gasteiger partial charge on any atom is -0.497 e. The van der Waals surface area contributed by atoms with Crippen LogP contribution in [-0.4, -0.2) is 42.1 Å². The van der Waals surface area contributed by atoms with Crippen molar-refractivity contribution in [1.29, 1.82) is 0 Å². The highest BCUT2D eigenvalue weighted by atomic mass is 16.7. The van der Waals surface area contributed by atoms with E-state index in [0.717, 1.165) is 39.2 Å². The maximum Gasteiger partial charge on any atom is 0.497 e. The zero-order valence-electron chi connectivity index (χ0n) is 20.3. The molecule has 3 heterocycles. The minimum absolute atomic E-state index is 0.405. The van der Waals surface area contributed by atoms with Gasteiger partial charge in [0.1, 0.15) is 17.3 Å². The summed E-state index contributed by atoms with van der Waals surface area (Å²) in [6, 6.07) is 8.45. The van der Waals surface area contributed by atoms with Crippen LogP contribution in [0.3, 0.4) is 0 Å². The van der Waals surface area contributed by atoms with Crippen LogP contribution in [0.2, 0.25) is 0 Å². The standard InChI is InChI=1S/C25H32BN3O4/c1-24(2)25(3,4)33-26(32-24)19-15-29(17-8-9-17)20-11-12-27-23(22(19)20)28-14-16-7-10-18(30-5)13-21(16)31-6/h7,10-13,15,17H,8-9,14H2,1-6H3,(H,27,28). The molecule has 0 atom stereocenters. The predicted octanol–water partition coefficient (Wildman–Crippen LogP) is 4.30. The Morgan fingerprint density at radius 1 is 1.09 bits per heavy atom. The molecule has 2 fully saturated rings. The molecule has 0 spiro atoms. The number of fused-ring (bicyclic) bond motifs is 1. The van der Waals surface area contributed by atoms with Gasteiger partial charge in [-0.25, -0.2) is 4.98 Å². The molecule has 3 aromatic rings. The van der Waals surface area contributed by atoms with Gasteiger partial charge in [0.25, 0.3) is 0 Å². The number of ether oxygens (including phenoxy) is 2. The second-order valence-corrected chi connectivity index (χ2v) is 9.90. The normalized spacial score (nSPS) is 19.2. The fourth-order valence-electron chi connectivity index (χ4n) is 4.35. The Bertz CT molecular complexity index is 1170. The van der Waals surface area contributed by atoms with Crippen LogP contribution in [0.25, 0.3) is 10.9 Å². The third kappa shape index (κ3) is 3.85. The number of hydrogen-bond donors (Lipinski definition) is 1. The molecule has 8 heteroatoms. The Labute approximate surface area is 195 Å². The Hall–Kier alpha value is -2.71. The van der Waals surface area contributed by atoms with Gasteiger partial charge in [-0.05, 0) is 58.7 Å². The van der Waals surface area contributed by atoms with Gasteiger partial charge in [-0.3, -0.25) is 0 Å². The largest absolute Gasteiger partial charge is 0.497 e. The second-order valence-electron chi connectivity index (χ2n) is 9.90. The van der Waals surface area contributed by atoms with Crippen molar-refractivity contribution < 1.29 is 18.8 Å². The van der Waals surface area contributed by atoms with E-state index in [1.165, 1.54) is 12.8 Å². The van der Waals surface area contributed by atoms with Gasteiger partial charge in [0.2, 0.25) is 0 Å². The van der Waals surface area contributed by atoms with Crippen molar-refractivity contribution in [1.82, 2.24) is 9.55 Å². The van der Waals surface area contributed by atoms with Crippen molar-refractivity contribution in [3.05, 3.63) is 42.2 Å². The number of nitrogens with one attached hydrogen (secondary N) is 1. The maximum atomic E-state index is 6.43. The SMILES string of the molecule is COc1ccc(CNc2nccc3c2c(B2OC(C)(C)C(C)(C)O2)cn3C2CC2)c(OC)c1. The summed E-state index contributed by atoms with van der Waals surface area (Å²) in [4.78, 5) is 4.71. The van der Waals surface area contributed by atoms with Crippen LogP contribution in [0.1, 0.15) is 52.1 Å². The molecule has 1 aromatic carbocycles. The number of nitrogens with zero attached hydrogens (tertiary/aromatic N) is 2. The van der Waals surface area contributed by atoms with E-state index in [9.17, 15) is 0 Å². The smallest absolute Gasteiger partial charge is 0.497 e. The van der Waals surface area contributed by atoms with Crippen LogP contribution >= 0.6 is 0 Å². The summed E-state index contributed by atoms with van der Waals surface area (Å²) in [6.45, 7) is 8.90. The van der Waals surface area contributed by atoms with Gasteiger partial charge in [0, 0.05) is 47.5 Å². The van der Waals surface area contributed by atoms with Gasteiger partial charge in [-0.1, -0.05) is 0 Å². The molecule has 2 aromatic heterocycles. The van der Waals surface area contributed by atoms with E-state index in [2.05, 4.69) is 49.8 Å². The van der Waals surface area contributed by atoms with E-state index >= 15 is 0 Å². The van der Waals surface area contributed by atoms with Gasteiger partial charge >= 0.3 is 7.12 Å². The van der Waals surface area contributed by atoms with Crippen LogP contribution in [0.15, 0.2) is 36.7 Å². The number of methoxy groups -OCH3 is 2. The minimum atomic E-state index is -0.447. The monoisotopic (exact) mass is 449 g/mol. The molecule has 1 saturated carbocycles. The molecule has 7 nitrogen and oxygen atoms in total. The molecule has 1 saturated heterocycles. The Kier molecular flexibility index (Phi) is 5.33. The average molecular weight is 449 g/mol. The molecule has 1 N–H and O–H groups in total. The number of benzene rings is 1.